The molecule has 0 aromatic rings. The molecule has 1 rings (SSSR count). The van der Waals surface area contributed by atoms with Crippen molar-refractivity contribution < 1.29 is 0 Å². The van der Waals surface area contributed by atoms with Crippen LogP contribution in [0.5, 0.6) is 0 Å². The summed E-state index contributed by atoms with van der Waals surface area (Å²) in [5.74, 6) is 0. The molecule has 0 aliphatic carbocycles. The van der Waals surface area contributed by atoms with Crippen LogP contribution >= 0.6 is 0 Å². The molecule has 0 aromatic carbocycles. The molecule has 19 heavy (non-hydrogen) atoms. The number of rotatable bonds is 7. The molecule has 1 atom stereocenters. The number of nitrogens with one attached hydrogen (secondary N) is 1. The lowest BCUT2D eigenvalue weighted by molar-refractivity contribution is 0.141. The van der Waals surface area contributed by atoms with Gasteiger partial charge in [-0.1, -0.05) is 6.92 Å². The van der Waals surface area contributed by atoms with Crippen LogP contribution in [0, 0.1) is 11.3 Å². The number of hydrogen-bond acceptors (Lipinski definition) is 4. The Bertz CT molecular complexity index is 291. The van der Waals surface area contributed by atoms with Gasteiger partial charge in [0.05, 0.1) is 6.07 Å². The maximum atomic E-state index is 9.23. The molecular weight excluding hydrogens is 236 g/mol. The molecule has 1 heterocycles. The Morgan fingerprint density at radius 2 is 2.05 bits per heavy atom. The predicted molar refractivity (Wildman–Crippen MR) is 80.1 cm³/mol. The highest BCUT2D eigenvalue weighted by Gasteiger charge is 2.23. The number of nitriles is 1. The zero-order valence-electron chi connectivity index (χ0n) is 13.1. The third kappa shape index (κ3) is 5.48. The van der Waals surface area contributed by atoms with Crippen LogP contribution in [0.4, 0.5) is 0 Å². The molecule has 0 spiro atoms. The number of hydrogen-bond donors (Lipinski definition) is 1. The minimum atomic E-state index is -0.359. The van der Waals surface area contributed by atoms with Gasteiger partial charge in [-0.05, 0) is 72.9 Å². The molecule has 0 bridgehead atoms. The Balaban J connectivity index is 2.26. The lowest BCUT2D eigenvalue weighted by Crippen LogP contribution is -2.44. The van der Waals surface area contributed by atoms with Crippen LogP contribution in [0.25, 0.3) is 0 Å². The highest BCUT2D eigenvalue weighted by molar-refractivity contribution is 5.03. The van der Waals surface area contributed by atoms with Crippen molar-refractivity contribution in [3.05, 3.63) is 0 Å². The first-order valence-corrected chi connectivity index (χ1v) is 7.56. The average molecular weight is 266 g/mol. The van der Waals surface area contributed by atoms with Crippen molar-refractivity contribution in [3.63, 3.8) is 0 Å². The maximum Gasteiger partial charge on any atom is 0.103 e. The summed E-state index contributed by atoms with van der Waals surface area (Å²) >= 11 is 0. The molecular formula is C15H30N4. The second kappa shape index (κ2) is 7.84. The van der Waals surface area contributed by atoms with E-state index in [1.807, 2.05) is 6.92 Å². The molecule has 0 saturated carbocycles. The highest BCUT2D eigenvalue weighted by atomic mass is 15.2. The van der Waals surface area contributed by atoms with E-state index in [0.29, 0.717) is 0 Å². The van der Waals surface area contributed by atoms with E-state index in [4.69, 9.17) is 0 Å². The summed E-state index contributed by atoms with van der Waals surface area (Å²) in [6.07, 6.45) is 4.56. The van der Waals surface area contributed by atoms with Gasteiger partial charge >= 0.3 is 0 Å². The summed E-state index contributed by atoms with van der Waals surface area (Å²) < 4.78 is 0. The van der Waals surface area contributed by atoms with E-state index >= 15 is 0 Å². The van der Waals surface area contributed by atoms with Crippen molar-refractivity contribution in [2.24, 2.45) is 0 Å². The van der Waals surface area contributed by atoms with Crippen LogP contribution in [-0.2, 0) is 0 Å². The number of nitrogens with zero attached hydrogens (tertiary/aromatic N) is 3. The quantitative estimate of drug-likeness (QED) is 0.761. The molecule has 1 N–H and O–H groups in total. The topological polar surface area (TPSA) is 42.3 Å². The van der Waals surface area contributed by atoms with E-state index < -0.39 is 0 Å². The van der Waals surface area contributed by atoms with Crippen LogP contribution in [-0.4, -0.2) is 61.7 Å². The molecule has 1 unspecified atom stereocenters. The third-order valence-electron chi connectivity index (χ3n) is 4.31. The molecule has 1 aliphatic rings. The lowest BCUT2D eigenvalue weighted by atomic mass is 9.97. The van der Waals surface area contributed by atoms with Crippen LogP contribution in [0.3, 0.4) is 0 Å². The summed E-state index contributed by atoms with van der Waals surface area (Å²) in [7, 11) is 4.43. The summed E-state index contributed by atoms with van der Waals surface area (Å²) in [6.45, 7) is 8.43. The van der Waals surface area contributed by atoms with Crippen molar-refractivity contribution in [3.8, 4) is 6.07 Å². The second-order valence-electron chi connectivity index (χ2n) is 6.09. The average Bonchev–Trinajstić information content (AvgIpc) is 2.39. The van der Waals surface area contributed by atoms with Gasteiger partial charge in [0.1, 0.15) is 5.54 Å². The fourth-order valence-electron chi connectivity index (χ4n) is 2.87. The highest BCUT2D eigenvalue weighted by Crippen LogP contribution is 2.16. The van der Waals surface area contributed by atoms with Gasteiger partial charge in [0.25, 0.3) is 0 Å². The molecule has 4 nitrogen and oxygen atoms in total. The molecule has 110 valence electrons. The Morgan fingerprint density at radius 1 is 1.42 bits per heavy atom. The summed E-state index contributed by atoms with van der Waals surface area (Å²) in [5.41, 5.74) is -0.359. The monoisotopic (exact) mass is 266 g/mol. The van der Waals surface area contributed by atoms with Gasteiger partial charge in [0, 0.05) is 6.04 Å². The SMILES string of the molecule is CCNC(C)(C#N)CCCN(C)C1CCN(C)CC1. The van der Waals surface area contributed by atoms with Crippen molar-refractivity contribution in [1.29, 1.82) is 5.26 Å². The standard InChI is InChI=1S/C15H30N4/c1-5-17-15(2,13-16)9-6-10-19(4)14-7-11-18(3)12-8-14/h14,17H,5-12H2,1-4H3. The van der Waals surface area contributed by atoms with E-state index in [-0.39, 0.29) is 5.54 Å². The number of likely N-dealkylation sites (tertiary alicyclic amines) is 1. The molecule has 0 amide bonds. The fraction of sp³-hybridized carbons (Fsp3) is 0.933. The Labute approximate surface area is 118 Å². The van der Waals surface area contributed by atoms with Gasteiger partial charge in [-0.25, -0.2) is 0 Å². The molecule has 1 aliphatic heterocycles. The van der Waals surface area contributed by atoms with Gasteiger partial charge < -0.3 is 9.80 Å². The van der Waals surface area contributed by atoms with Crippen LogP contribution in [0.15, 0.2) is 0 Å². The Morgan fingerprint density at radius 3 is 2.58 bits per heavy atom. The zero-order chi connectivity index (χ0) is 14.3. The zero-order valence-corrected chi connectivity index (χ0v) is 13.1. The maximum absolute atomic E-state index is 9.23. The summed E-state index contributed by atoms with van der Waals surface area (Å²) in [6, 6.07) is 3.13. The van der Waals surface area contributed by atoms with Crippen molar-refractivity contribution in [2.75, 3.05) is 40.3 Å². The van der Waals surface area contributed by atoms with Gasteiger partial charge in [0.15, 0.2) is 0 Å². The van der Waals surface area contributed by atoms with Gasteiger partial charge in [-0.15, -0.1) is 0 Å². The first kappa shape index (κ1) is 16.4. The fourth-order valence-corrected chi connectivity index (χ4v) is 2.87. The van der Waals surface area contributed by atoms with E-state index in [0.717, 1.165) is 32.0 Å². The molecule has 1 fully saturated rings. The van der Waals surface area contributed by atoms with E-state index in [1.165, 1.54) is 25.9 Å². The van der Waals surface area contributed by atoms with Gasteiger partial charge in [0.2, 0.25) is 0 Å². The molecule has 0 aromatic heterocycles. The smallest absolute Gasteiger partial charge is 0.103 e. The predicted octanol–water partition coefficient (Wildman–Crippen LogP) is 1.68. The van der Waals surface area contributed by atoms with Gasteiger partial charge in [-0.3, -0.25) is 5.32 Å². The minimum absolute atomic E-state index is 0.359. The molecule has 1 saturated heterocycles. The lowest BCUT2D eigenvalue weighted by Gasteiger charge is -2.35. The Kier molecular flexibility index (Phi) is 6.78. The van der Waals surface area contributed by atoms with Crippen LogP contribution in [0.1, 0.15) is 39.5 Å². The van der Waals surface area contributed by atoms with Crippen molar-refractivity contribution in [2.45, 2.75) is 51.1 Å². The van der Waals surface area contributed by atoms with Gasteiger partial charge in [-0.2, -0.15) is 5.26 Å². The van der Waals surface area contributed by atoms with Crippen molar-refractivity contribution >= 4 is 0 Å². The van der Waals surface area contributed by atoms with Crippen LogP contribution < -0.4 is 5.32 Å². The van der Waals surface area contributed by atoms with E-state index in [2.05, 4.69) is 42.2 Å². The third-order valence-corrected chi connectivity index (χ3v) is 4.31. The Hall–Kier alpha value is -0.630. The molecule has 4 heteroatoms. The second-order valence-corrected chi connectivity index (χ2v) is 6.09. The summed E-state index contributed by atoms with van der Waals surface area (Å²) in [4.78, 5) is 4.89. The normalized spacial score (nSPS) is 21.3. The first-order valence-electron chi connectivity index (χ1n) is 7.56. The number of piperidine rings is 1. The van der Waals surface area contributed by atoms with Crippen LogP contribution in [0.2, 0.25) is 0 Å². The summed E-state index contributed by atoms with van der Waals surface area (Å²) in [5, 5.41) is 12.5. The van der Waals surface area contributed by atoms with E-state index in [9.17, 15) is 5.26 Å². The molecule has 0 radical (unpaired) electrons. The van der Waals surface area contributed by atoms with Crippen molar-refractivity contribution in [1.82, 2.24) is 15.1 Å². The largest absolute Gasteiger partial charge is 0.306 e. The minimum Gasteiger partial charge on any atom is -0.306 e. The van der Waals surface area contributed by atoms with E-state index in [1.54, 1.807) is 0 Å². The first-order chi connectivity index (χ1) is 9.00.